The van der Waals surface area contributed by atoms with Crippen LogP contribution in [0.1, 0.15) is 21.2 Å². The predicted molar refractivity (Wildman–Crippen MR) is 48.1 cm³/mol. The molecule has 3 N–H and O–H groups in total. The van der Waals surface area contributed by atoms with Crippen molar-refractivity contribution in [2.45, 2.75) is 19.8 Å². The van der Waals surface area contributed by atoms with E-state index in [-0.39, 0.29) is 49.4 Å². The molecular weight excluding hydrogens is 215 g/mol. The number of hydrogen-bond acceptors (Lipinski definition) is 3. The molecule has 0 bridgehead atoms. The van der Waals surface area contributed by atoms with Gasteiger partial charge in [0.15, 0.2) is 0 Å². The summed E-state index contributed by atoms with van der Waals surface area (Å²) in [5.74, 6) is -3.09. The van der Waals surface area contributed by atoms with Gasteiger partial charge in [-0.1, -0.05) is 6.58 Å². The van der Waals surface area contributed by atoms with Gasteiger partial charge in [0.2, 0.25) is 0 Å². The van der Waals surface area contributed by atoms with Crippen LogP contribution >= 0.6 is 0 Å². The summed E-state index contributed by atoms with van der Waals surface area (Å²) in [6, 6.07) is 0. The maximum atomic E-state index is 9.64. The molecule has 0 rings (SSSR count). The molecule has 0 aliphatic carbocycles. The quantitative estimate of drug-likeness (QED) is 0.368. The molecule has 7 heteroatoms. The summed E-state index contributed by atoms with van der Waals surface area (Å²) in [5.41, 5.74) is 0.176. The maximum absolute atomic E-state index is 9.64. The van der Waals surface area contributed by atoms with Gasteiger partial charge in [0, 0.05) is 5.57 Å². The minimum atomic E-state index is -1.08. The average Bonchev–Trinajstić information content (AvgIpc) is 2.01. The topological polar surface area (TPSA) is 112 Å². The molecule has 0 heterocycles. The van der Waals surface area contributed by atoms with Crippen LogP contribution < -0.4 is 29.6 Å². The minimum Gasteiger partial charge on any atom is -1.00 e. The molecule has 0 saturated heterocycles. The fraction of sp³-hybridized carbons (Fsp3) is 0.375. The second kappa shape index (κ2) is 11.2. The zero-order valence-corrected chi connectivity index (χ0v) is 10.7. The second-order valence-electron chi connectivity index (χ2n) is 2.37. The van der Waals surface area contributed by atoms with Crippen LogP contribution in [-0.4, -0.2) is 33.2 Å². The van der Waals surface area contributed by atoms with Crippen molar-refractivity contribution >= 4 is 17.9 Å². The molecule has 82 valence electrons. The molecule has 0 spiro atoms. The number of carboxylic acid groups (broad SMARTS) is 3. The Morgan fingerprint density at radius 1 is 1.07 bits per heavy atom. The van der Waals surface area contributed by atoms with E-state index in [1.807, 2.05) is 0 Å². The van der Waals surface area contributed by atoms with Crippen molar-refractivity contribution in [1.29, 1.82) is 0 Å². The Morgan fingerprint density at radius 2 is 1.27 bits per heavy atom. The van der Waals surface area contributed by atoms with Crippen molar-refractivity contribution in [3.63, 3.8) is 0 Å². The van der Waals surface area contributed by atoms with Gasteiger partial charge in [0.05, 0.1) is 12.8 Å². The maximum Gasteiger partial charge on any atom is 1.00 e. The molecule has 15 heavy (non-hydrogen) atoms. The predicted octanol–water partition coefficient (Wildman–Crippen LogP) is -2.30. The summed E-state index contributed by atoms with van der Waals surface area (Å²) in [6.07, 6.45) is -0.593. The Bertz CT molecular complexity index is 227. The van der Waals surface area contributed by atoms with Crippen molar-refractivity contribution in [2.24, 2.45) is 0 Å². The Kier molecular flexibility index (Phi) is 14.7. The minimum absolute atomic E-state index is 0. The van der Waals surface area contributed by atoms with Crippen molar-refractivity contribution < 1.29 is 60.7 Å². The van der Waals surface area contributed by atoms with Crippen LogP contribution in [0.4, 0.5) is 0 Å². The van der Waals surface area contributed by atoms with Gasteiger partial charge in [-0.2, -0.15) is 0 Å². The zero-order chi connectivity index (χ0) is 11.7. The third-order valence-corrected chi connectivity index (χ3v) is 0.918. The summed E-state index contributed by atoms with van der Waals surface area (Å²) >= 11 is 0. The standard InChI is InChI=1S/C4H6O4.C4H6O2.Na.H/c5-3(6)1-2-4(7)8;1-3(2)4(5)6;;/h1-2H2,(H,5,6)(H,7,8);1H2,2H3,(H,5,6);;/q;;+1;-1. The number of carboxylic acids is 3. The molecule has 6 nitrogen and oxygen atoms in total. The molecule has 0 aromatic rings. The van der Waals surface area contributed by atoms with Gasteiger partial charge in [-0.05, 0) is 6.92 Å². The average molecular weight is 228 g/mol. The molecule has 0 aromatic heterocycles. The monoisotopic (exact) mass is 228 g/mol. The van der Waals surface area contributed by atoms with Crippen LogP contribution in [0.15, 0.2) is 12.2 Å². The van der Waals surface area contributed by atoms with E-state index in [1.54, 1.807) is 0 Å². The molecule has 0 aliphatic heterocycles. The fourth-order valence-corrected chi connectivity index (χ4v) is 0.214. The van der Waals surface area contributed by atoms with Gasteiger partial charge in [-0.25, -0.2) is 4.79 Å². The van der Waals surface area contributed by atoms with Crippen LogP contribution in [0.2, 0.25) is 0 Å². The zero-order valence-electron chi connectivity index (χ0n) is 9.69. The first kappa shape index (κ1) is 19.7. The van der Waals surface area contributed by atoms with E-state index in [0.29, 0.717) is 0 Å². The van der Waals surface area contributed by atoms with E-state index in [0.717, 1.165) is 0 Å². The number of hydrogen-bond donors (Lipinski definition) is 3. The smallest absolute Gasteiger partial charge is 1.00 e. The Hall–Kier alpha value is -0.850. The van der Waals surface area contributed by atoms with Gasteiger partial charge in [0.1, 0.15) is 0 Å². The van der Waals surface area contributed by atoms with E-state index in [2.05, 4.69) is 6.58 Å². The fourth-order valence-electron chi connectivity index (χ4n) is 0.214. The van der Waals surface area contributed by atoms with Crippen LogP contribution in [0.5, 0.6) is 0 Å². The van der Waals surface area contributed by atoms with E-state index < -0.39 is 17.9 Å². The van der Waals surface area contributed by atoms with Gasteiger partial charge >= 0.3 is 47.5 Å². The van der Waals surface area contributed by atoms with Gasteiger partial charge in [-0.15, -0.1) is 0 Å². The first-order chi connectivity index (χ1) is 6.27. The van der Waals surface area contributed by atoms with E-state index in [9.17, 15) is 14.4 Å². The molecule has 0 radical (unpaired) electrons. The molecule has 0 aromatic carbocycles. The van der Waals surface area contributed by atoms with Gasteiger partial charge in [-0.3, -0.25) is 9.59 Å². The normalized spacial score (nSPS) is 7.53. The number of aliphatic carboxylic acids is 3. The molecule has 0 atom stereocenters. The van der Waals surface area contributed by atoms with Crippen LogP contribution in [-0.2, 0) is 14.4 Å². The first-order valence-electron chi connectivity index (χ1n) is 3.59. The molecule has 0 saturated carbocycles. The van der Waals surface area contributed by atoms with Crippen molar-refractivity contribution in [3.8, 4) is 0 Å². The SMILES string of the molecule is C=C(C)C(=O)O.O=C(O)CCC(=O)O.[H-].[Na+]. The number of rotatable bonds is 4. The molecule has 0 aliphatic rings. The third kappa shape index (κ3) is 24.6. The molecular formula is C8H13NaO6. The molecule has 0 amide bonds. The van der Waals surface area contributed by atoms with Crippen molar-refractivity contribution in [2.75, 3.05) is 0 Å². The van der Waals surface area contributed by atoms with Crippen molar-refractivity contribution in [3.05, 3.63) is 12.2 Å². The number of carbonyl (C=O) groups is 3. The van der Waals surface area contributed by atoms with E-state index >= 15 is 0 Å². The molecule has 0 fully saturated rings. The van der Waals surface area contributed by atoms with Gasteiger partial charge in [0.25, 0.3) is 0 Å². The Morgan fingerprint density at radius 3 is 1.33 bits per heavy atom. The summed E-state index contributed by atoms with van der Waals surface area (Å²) in [6.45, 7) is 4.60. The second-order valence-corrected chi connectivity index (χ2v) is 2.37. The van der Waals surface area contributed by atoms with E-state index in [4.69, 9.17) is 15.3 Å². The van der Waals surface area contributed by atoms with Crippen LogP contribution in [0, 0.1) is 0 Å². The van der Waals surface area contributed by atoms with Crippen LogP contribution in [0.25, 0.3) is 0 Å². The summed E-state index contributed by atoms with van der Waals surface area (Å²) in [4.78, 5) is 28.9. The van der Waals surface area contributed by atoms with E-state index in [1.165, 1.54) is 6.92 Å². The van der Waals surface area contributed by atoms with Crippen LogP contribution in [0.3, 0.4) is 0 Å². The molecule has 0 unspecified atom stereocenters. The van der Waals surface area contributed by atoms with Crippen molar-refractivity contribution in [1.82, 2.24) is 0 Å². The Balaban J connectivity index is -0.0000000825. The summed E-state index contributed by atoms with van der Waals surface area (Å²) in [5, 5.41) is 23.7. The van der Waals surface area contributed by atoms with Gasteiger partial charge < -0.3 is 16.7 Å². The third-order valence-electron chi connectivity index (χ3n) is 0.918. The first-order valence-corrected chi connectivity index (χ1v) is 3.59. The Labute approximate surface area is 110 Å². The largest absolute Gasteiger partial charge is 1.00 e. The summed E-state index contributed by atoms with van der Waals surface area (Å²) < 4.78 is 0. The summed E-state index contributed by atoms with van der Waals surface area (Å²) in [7, 11) is 0.